The van der Waals surface area contributed by atoms with Gasteiger partial charge in [0.15, 0.2) is 0 Å². The minimum Gasteiger partial charge on any atom is -0.439 e. The second-order valence-electron chi connectivity index (χ2n) is 4.94. The predicted molar refractivity (Wildman–Crippen MR) is 85.5 cm³/mol. The van der Waals surface area contributed by atoms with E-state index in [1.165, 1.54) is 5.56 Å². The predicted octanol–water partition coefficient (Wildman–Crippen LogP) is 4.05. The molecule has 21 heavy (non-hydrogen) atoms. The Morgan fingerprint density at radius 2 is 1.90 bits per heavy atom. The Morgan fingerprint density at radius 1 is 1.05 bits per heavy atom. The summed E-state index contributed by atoms with van der Waals surface area (Å²) in [5.41, 5.74) is 9.03. The van der Waals surface area contributed by atoms with Crippen molar-refractivity contribution in [2.24, 2.45) is 5.73 Å². The van der Waals surface area contributed by atoms with Crippen molar-refractivity contribution in [1.29, 1.82) is 0 Å². The summed E-state index contributed by atoms with van der Waals surface area (Å²) in [5, 5.41) is 1.08. The van der Waals surface area contributed by atoms with Crippen molar-refractivity contribution in [2.45, 2.75) is 19.9 Å². The van der Waals surface area contributed by atoms with Crippen LogP contribution in [-0.4, -0.2) is 4.98 Å². The summed E-state index contributed by atoms with van der Waals surface area (Å²) in [4.78, 5) is 4.56. The van der Waals surface area contributed by atoms with Gasteiger partial charge in [-0.15, -0.1) is 0 Å². The van der Waals surface area contributed by atoms with Crippen molar-refractivity contribution in [3.05, 3.63) is 65.7 Å². The number of rotatable bonds is 4. The number of hydrogen-bond donors (Lipinski definition) is 1. The molecule has 0 aliphatic heterocycles. The van der Waals surface area contributed by atoms with Gasteiger partial charge in [0.1, 0.15) is 5.75 Å². The molecule has 0 bridgehead atoms. The van der Waals surface area contributed by atoms with Crippen LogP contribution in [-0.2, 0) is 13.0 Å². The molecule has 0 aliphatic carbocycles. The largest absolute Gasteiger partial charge is 0.439 e. The van der Waals surface area contributed by atoms with Gasteiger partial charge in [0, 0.05) is 18.0 Å². The van der Waals surface area contributed by atoms with E-state index >= 15 is 0 Å². The first-order valence-corrected chi connectivity index (χ1v) is 7.15. The van der Waals surface area contributed by atoms with Crippen molar-refractivity contribution < 1.29 is 4.74 Å². The monoisotopic (exact) mass is 278 g/mol. The van der Waals surface area contributed by atoms with Crippen molar-refractivity contribution >= 4 is 10.9 Å². The SMILES string of the molecule is CCc1cccc(Oc2cc(CN)c3ccccc3n2)c1. The zero-order valence-corrected chi connectivity index (χ0v) is 12.0. The summed E-state index contributed by atoms with van der Waals surface area (Å²) in [6, 6.07) is 18.0. The third-order valence-corrected chi connectivity index (χ3v) is 3.53. The zero-order chi connectivity index (χ0) is 14.7. The highest BCUT2D eigenvalue weighted by Crippen LogP contribution is 2.26. The second-order valence-corrected chi connectivity index (χ2v) is 4.94. The van der Waals surface area contributed by atoms with Gasteiger partial charge in [0.25, 0.3) is 0 Å². The van der Waals surface area contributed by atoms with E-state index < -0.39 is 0 Å². The van der Waals surface area contributed by atoms with Crippen LogP contribution in [0.5, 0.6) is 11.6 Å². The highest BCUT2D eigenvalue weighted by molar-refractivity contribution is 5.82. The first-order chi connectivity index (χ1) is 10.3. The quantitative estimate of drug-likeness (QED) is 0.783. The number of nitrogens with two attached hydrogens (primary N) is 1. The molecular formula is C18H18N2O. The summed E-state index contributed by atoms with van der Waals surface area (Å²) in [5.74, 6) is 1.39. The molecule has 106 valence electrons. The number of fused-ring (bicyclic) bond motifs is 1. The van der Waals surface area contributed by atoms with Crippen LogP contribution in [0.25, 0.3) is 10.9 Å². The van der Waals surface area contributed by atoms with Crippen molar-refractivity contribution in [2.75, 3.05) is 0 Å². The van der Waals surface area contributed by atoms with Gasteiger partial charge in [-0.05, 0) is 35.7 Å². The lowest BCUT2D eigenvalue weighted by molar-refractivity contribution is 0.464. The van der Waals surface area contributed by atoms with Crippen molar-refractivity contribution in [1.82, 2.24) is 4.98 Å². The Labute approximate surface area is 124 Å². The molecule has 0 radical (unpaired) electrons. The molecule has 3 heteroatoms. The number of hydrogen-bond acceptors (Lipinski definition) is 3. The van der Waals surface area contributed by atoms with Crippen LogP contribution in [0.1, 0.15) is 18.1 Å². The highest BCUT2D eigenvalue weighted by atomic mass is 16.5. The summed E-state index contributed by atoms with van der Waals surface area (Å²) in [7, 11) is 0. The maximum absolute atomic E-state index is 5.90. The summed E-state index contributed by atoms with van der Waals surface area (Å²) >= 11 is 0. The third-order valence-electron chi connectivity index (χ3n) is 3.53. The standard InChI is InChI=1S/C18H18N2O/c1-2-13-6-5-7-15(10-13)21-18-11-14(12-19)16-8-3-4-9-17(16)20-18/h3-11H,2,12,19H2,1H3. The van der Waals surface area contributed by atoms with Crippen LogP contribution < -0.4 is 10.5 Å². The Kier molecular flexibility index (Phi) is 3.84. The molecular weight excluding hydrogens is 260 g/mol. The average Bonchev–Trinajstić information content (AvgIpc) is 2.54. The van der Waals surface area contributed by atoms with Gasteiger partial charge in [0.05, 0.1) is 5.52 Å². The van der Waals surface area contributed by atoms with E-state index in [1.807, 2.05) is 48.5 Å². The minimum atomic E-state index is 0.467. The van der Waals surface area contributed by atoms with Crippen LogP contribution in [0.4, 0.5) is 0 Å². The molecule has 3 aromatic rings. The summed E-state index contributed by atoms with van der Waals surface area (Å²) < 4.78 is 5.90. The third kappa shape index (κ3) is 2.88. The van der Waals surface area contributed by atoms with E-state index in [0.29, 0.717) is 12.4 Å². The van der Waals surface area contributed by atoms with E-state index in [1.54, 1.807) is 0 Å². The molecule has 0 unspecified atom stereocenters. The van der Waals surface area contributed by atoms with E-state index in [4.69, 9.17) is 10.5 Å². The number of ether oxygens (including phenoxy) is 1. The molecule has 0 amide bonds. The van der Waals surface area contributed by atoms with Crippen LogP contribution in [0.2, 0.25) is 0 Å². The fraction of sp³-hybridized carbons (Fsp3) is 0.167. The number of aromatic nitrogens is 1. The maximum Gasteiger partial charge on any atom is 0.220 e. The molecule has 0 aliphatic rings. The molecule has 0 spiro atoms. The first kappa shape index (κ1) is 13.6. The van der Waals surface area contributed by atoms with Crippen molar-refractivity contribution in [3.8, 4) is 11.6 Å². The Bertz CT molecular complexity index is 768. The molecule has 0 fully saturated rings. The van der Waals surface area contributed by atoms with Gasteiger partial charge in [-0.1, -0.05) is 37.3 Å². The highest BCUT2D eigenvalue weighted by Gasteiger charge is 2.06. The van der Waals surface area contributed by atoms with Crippen molar-refractivity contribution in [3.63, 3.8) is 0 Å². The van der Waals surface area contributed by atoms with Gasteiger partial charge >= 0.3 is 0 Å². The van der Waals surface area contributed by atoms with Crippen LogP contribution in [0.15, 0.2) is 54.6 Å². The first-order valence-electron chi connectivity index (χ1n) is 7.15. The normalized spacial score (nSPS) is 10.8. The number of pyridine rings is 1. The molecule has 0 saturated heterocycles. The lowest BCUT2D eigenvalue weighted by Gasteiger charge is -2.10. The topological polar surface area (TPSA) is 48.1 Å². The van der Waals surface area contributed by atoms with Crippen LogP contribution in [0.3, 0.4) is 0 Å². The van der Waals surface area contributed by atoms with Gasteiger partial charge in [-0.25, -0.2) is 4.98 Å². The minimum absolute atomic E-state index is 0.467. The van der Waals surface area contributed by atoms with E-state index in [2.05, 4.69) is 18.0 Å². The van der Waals surface area contributed by atoms with Crippen LogP contribution in [0, 0.1) is 0 Å². The molecule has 3 rings (SSSR count). The summed E-state index contributed by atoms with van der Waals surface area (Å²) in [6.07, 6.45) is 0.983. The summed E-state index contributed by atoms with van der Waals surface area (Å²) in [6.45, 7) is 2.59. The molecule has 2 aromatic carbocycles. The Hall–Kier alpha value is -2.39. The lowest BCUT2D eigenvalue weighted by atomic mass is 10.1. The fourth-order valence-electron chi connectivity index (χ4n) is 2.39. The number of benzene rings is 2. The molecule has 1 heterocycles. The lowest BCUT2D eigenvalue weighted by Crippen LogP contribution is -2.00. The molecule has 2 N–H and O–H groups in total. The second kappa shape index (κ2) is 5.94. The fourth-order valence-corrected chi connectivity index (χ4v) is 2.39. The van der Waals surface area contributed by atoms with Gasteiger partial charge < -0.3 is 10.5 Å². The average molecular weight is 278 g/mol. The van der Waals surface area contributed by atoms with E-state index in [9.17, 15) is 0 Å². The van der Waals surface area contributed by atoms with E-state index in [-0.39, 0.29) is 0 Å². The van der Waals surface area contributed by atoms with Gasteiger partial charge in [-0.2, -0.15) is 0 Å². The van der Waals surface area contributed by atoms with Gasteiger partial charge in [-0.3, -0.25) is 0 Å². The molecule has 3 nitrogen and oxygen atoms in total. The molecule has 0 atom stereocenters. The maximum atomic E-state index is 5.90. The molecule has 0 saturated carbocycles. The van der Waals surface area contributed by atoms with E-state index in [0.717, 1.165) is 28.6 Å². The number of nitrogens with zero attached hydrogens (tertiary/aromatic N) is 1. The number of para-hydroxylation sites is 1. The van der Waals surface area contributed by atoms with Gasteiger partial charge in [0.2, 0.25) is 5.88 Å². The zero-order valence-electron chi connectivity index (χ0n) is 12.0. The number of aryl methyl sites for hydroxylation is 1. The Balaban J connectivity index is 2.00. The Morgan fingerprint density at radius 3 is 2.71 bits per heavy atom. The van der Waals surface area contributed by atoms with Crippen LogP contribution >= 0.6 is 0 Å². The smallest absolute Gasteiger partial charge is 0.220 e. The molecule has 1 aromatic heterocycles.